The van der Waals surface area contributed by atoms with E-state index >= 15 is 0 Å². The topological polar surface area (TPSA) is 118 Å². The zero-order chi connectivity index (χ0) is 25.3. The maximum absolute atomic E-state index is 13.4. The largest absolute Gasteiger partial charge is 0.448 e. The number of hydrogen-bond donors (Lipinski definition) is 2. The van der Waals surface area contributed by atoms with Crippen LogP contribution in [0.5, 0.6) is 0 Å². The van der Waals surface area contributed by atoms with Crippen LogP contribution < -0.4 is 0 Å². The number of esters is 1. The van der Waals surface area contributed by atoms with Crippen LogP contribution in [0.2, 0.25) is 0 Å². The Bertz CT molecular complexity index is 1010. The zero-order valence-corrected chi connectivity index (χ0v) is 21.6. The van der Waals surface area contributed by atoms with Gasteiger partial charge in [0.15, 0.2) is 10.9 Å². The first-order chi connectivity index (χ1) is 16.5. The van der Waals surface area contributed by atoms with E-state index in [0.717, 1.165) is 12.8 Å². The lowest BCUT2D eigenvalue weighted by molar-refractivity contribution is -0.244. The first kappa shape index (κ1) is 25.2. The molecule has 0 radical (unpaired) electrons. The van der Waals surface area contributed by atoms with E-state index < -0.39 is 34.5 Å². The van der Waals surface area contributed by atoms with E-state index in [9.17, 15) is 29.4 Å². The fourth-order valence-corrected chi connectivity index (χ4v) is 10.1. The van der Waals surface area contributed by atoms with Crippen molar-refractivity contribution in [2.24, 2.45) is 29.1 Å². The zero-order valence-electron chi connectivity index (χ0n) is 20.7. The summed E-state index contributed by atoms with van der Waals surface area (Å²) in [5, 5.41) is 22.9. The number of ketones is 2. The Morgan fingerprint density at radius 3 is 2.60 bits per heavy atom. The standard InChI is InChI=1S/C27H36O7S/c1-4-26(24(32)20(30)13-22(31)34-26)27(33)10-8-19-23-18(7-9-25(19,27)3)17-6-5-16(29)11-15(17)12-21(23)35-14(2)28/h11,17-21,23,30,33H,4-10,12-13H2,1-3H3/t17?,18-,19?,20?,21+,23-,25-,26-,27-/m0/s1. The number of carbonyl (C=O) groups excluding carboxylic acids is 4. The molecule has 4 aliphatic carbocycles. The minimum Gasteiger partial charge on any atom is -0.448 e. The van der Waals surface area contributed by atoms with Crippen molar-refractivity contribution >= 4 is 34.4 Å². The first-order valence-corrected chi connectivity index (χ1v) is 13.9. The van der Waals surface area contributed by atoms with E-state index in [1.807, 2.05) is 13.0 Å². The smallest absolute Gasteiger partial charge is 0.309 e. The van der Waals surface area contributed by atoms with Gasteiger partial charge in [0.05, 0.1) is 6.42 Å². The monoisotopic (exact) mass is 504 g/mol. The Balaban J connectivity index is 1.56. The van der Waals surface area contributed by atoms with Gasteiger partial charge in [-0.2, -0.15) is 0 Å². The summed E-state index contributed by atoms with van der Waals surface area (Å²) in [6, 6.07) is 0. The van der Waals surface area contributed by atoms with Gasteiger partial charge in [-0.1, -0.05) is 31.2 Å². The second-order valence-corrected chi connectivity index (χ2v) is 13.0. The van der Waals surface area contributed by atoms with Gasteiger partial charge in [0.2, 0.25) is 11.4 Å². The lowest BCUT2D eigenvalue weighted by Gasteiger charge is -2.60. The summed E-state index contributed by atoms with van der Waals surface area (Å²) in [6.07, 6.45) is 4.58. The second-order valence-electron chi connectivity index (χ2n) is 11.6. The highest BCUT2D eigenvalue weighted by Gasteiger charge is 2.74. The van der Waals surface area contributed by atoms with Crippen molar-refractivity contribution in [2.75, 3.05) is 0 Å². The van der Waals surface area contributed by atoms with Crippen LogP contribution in [0.1, 0.15) is 78.6 Å². The van der Waals surface area contributed by atoms with Crippen LogP contribution in [0.15, 0.2) is 11.6 Å². The quantitative estimate of drug-likeness (QED) is 0.563. The van der Waals surface area contributed by atoms with E-state index in [4.69, 9.17) is 4.74 Å². The number of thioether (sulfide) groups is 1. The molecule has 0 bridgehead atoms. The number of carbonyl (C=O) groups is 4. The number of hydrogen-bond acceptors (Lipinski definition) is 8. The van der Waals surface area contributed by atoms with Gasteiger partial charge in [0, 0.05) is 24.0 Å². The van der Waals surface area contributed by atoms with Crippen molar-refractivity contribution in [1.82, 2.24) is 0 Å². The number of cyclic esters (lactones) is 1. The Kier molecular flexibility index (Phi) is 6.12. The molecule has 0 spiro atoms. The Morgan fingerprint density at radius 2 is 1.91 bits per heavy atom. The van der Waals surface area contributed by atoms with Crippen LogP contribution in [0.25, 0.3) is 0 Å². The van der Waals surface area contributed by atoms with Crippen LogP contribution in [0, 0.1) is 29.1 Å². The lowest BCUT2D eigenvalue weighted by atomic mass is 9.48. The van der Waals surface area contributed by atoms with Gasteiger partial charge in [-0.3, -0.25) is 19.2 Å². The molecule has 5 rings (SSSR count). The number of aliphatic hydroxyl groups excluding tert-OH is 1. The third-order valence-electron chi connectivity index (χ3n) is 10.3. The summed E-state index contributed by atoms with van der Waals surface area (Å²) in [5.74, 6) is -0.267. The van der Waals surface area contributed by atoms with Crippen molar-refractivity contribution in [3.8, 4) is 0 Å². The second kappa shape index (κ2) is 8.52. The highest BCUT2D eigenvalue weighted by molar-refractivity contribution is 8.14. The summed E-state index contributed by atoms with van der Waals surface area (Å²) < 4.78 is 5.73. The molecule has 7 nitrogen and oxygen atoms in total. The van der Waals surface area contributed by atoms with Crippen molar-refractivity contribution < 1.29 is 34.1 Å². The van der Waals surface area contributed by atoms with Gasteiger partial charge in [-0.25, -0.2) is 0 Å². The average Bonchev–Trinajstić information content (AvgIpc) is 3.07. The maximum atomic E-state index is 13.4. The molecule has 0 aromatic carbocycles. The molecule has 2 N–H and O–H groups in total. The van der Waals surface area contributed by atoms with Crippen molar-refractivity contribution in [2.45, 2.75) is 101 Å². The number of fused-ring (bicyclic) bond motifs is 5. The minimum absolute atomic E-state index is 0.00523. The maximum Gasteiger partial charge on any atom is 0.309 e. The SMILES string of the molecule is CC[C@]1([C@]2(O)CCC3[C@H]4[C@H](SC(C)=O)CC5=CC(=O)CCC5[C@@H]4CC[C@@]32C)OC(=O)CC(O)C1=O. The third-order valence-corrected chi connectivity index (χ3v) is 11.4. The van der Waals surface area contributed by atoms with E-state index in [0.29, 0.717) is 43.9 Å². The summed E-state index contributed by atoms with van der Waals surface area (Å²) in [4.78, 5) is 50.2. The molecule has 3 saturated carbocycles. The van der Waals surface area contributed by atoms with Crippen LogP contribution in [-0.4, -0.2) is 55.4 Å². The summed E-state index contributed by atoms with van der Waals surface area (Å²) in [6.45, 7) is 5.33. The fourth-order valence-electron chi connectivity index (χ4n) is 8.81. The molecule has 1 aliphatic heterocycles. The molecule has 1 heterocycles. The first-order valence-electron chi connectivity index (χ1n) is 13.0. The number of Topliss-reactive ketones (excluding diaryl/α,β-unsaturated/α-hetero) is 1. The highest BCUT2D eigenvalue weighted by atomic mass is 32.2. The number of ether oxygens (including phenoxy) is 1. The number of allylic oxidation sites excluding steroid dienone is 1. The molecule has 35 heavy (non-hydrogen) atoms. The summed E-state index contributed by atoms with van der Waals surface area (Å²) in [5.41, 5.74) is -2.90. The molecule has 0 aromatic heterocycles. The lowest BCUT2D eigenvalue weighted by Crippen LogP contribution is -2.71. The Morgan fingerprint density at radius 1 is 1.17 bits per heavy atom. The summed E-state index contributed by atoms with van der Waals surface area (Å²) >= 11 is 1.34. The molecule has 3 unspecified atom stereocenters. The molecule has 4 fully saturated rings. The van der Waals surface area contributed by atoms with Crippen molar-refractivity contribution in [3.05, 3.63) is 11.6 Å². The summed E-state index contributed by atoms with van der Waals surface area (Å²) in [7, 11) is 0. The molecule has 9 atom stereocenters. The molecule has 8 heteroatoms. The van der Waals surface area contributed by atoms with E-state index in [1.54, 1.807) is 13.8 Å². The van der Waals surface area contributed by atoms with Gasteiger partial charge in [0.1, 0.15) is 11.7 Å². The fraction of sp³-hybridized carbons (Fsp3) is 0.778. The Hall–Kier alpha value is -1.51. The molecule has 5 aliphatic rings. The number of aliphatic hydroxyl groups is 2. The van der Waals surface area contributed by atoms with Crippen LogP contribution in [-0.2, 0) is 23.9 Å². The van der Waals surface area contributed by atoms with Gasteiger partial charge in [-0.05, 0) is 74.7 Å². The molecule has 0 aromatic rings. The molecule has 0 amide bonds. The van der Waals surface area contributed by atoms with Crippen molar-refractivity contribution in [3.63, 3.8) is 0 Å². The van der Waals surface area contributed by atoms with Crippen molar-refractivity contribution in [1.29, 1.82) is 0 Å². The van der Waals surface area contributed by atoms with Gasteiger partial charge in [0.25, 0.3) is 0 Å². The van der Waals surface area contributed by atoms with Crippen LogP contribution in [0.4, 0.5) is 0 Å². The molecule has 192 valence electrons. The normalized spacial score (nSPS) is 47.3. The third kappa shape index (κ3) is 3.46. The van der Waals surface area contributed by atoms with Gasteiger partial charge >= 0.3 is 5.97 Å². The van der Waals surface area contributed by atoms with Gasteiger partial charge in [-0.15, -0.1) is 0 Å². The van der Waals surface area contributed by atoms with E-state index in [1.165, 1.54) is 17.3 Å². The highest BCUT2D eigenvalue weighted by Crippen LogP contribution is 2.69. The molecular formula is C27H36O7S. The van der Waals surface area contributed by atoms with Gasteiger partial charge < -0.3 is 14.9 Å². The predicted octanol–water partition coefficient (Wildman–Crippen LogP) is 3.14. The predicted molar refractivity (Wildman–Crippen MR) is 129 cm³/mol. The Labute approximate surface area is 210 Å². The molecular weight excluding hydrogens is 468 g/mol. The van der Waals surface area contributed by atoms with Crippen LogP contribution >= 0.6 is 11.8 Å². The van der Waals surface area contributed by atoms with E-state index in [2.05, 4.69) is 0 Å². The average molecular weight is 505 g/mol. The van der Waals surface area contributed by atoms with E-state index in [-0.39, 0.29) is 40.8 Å². The van der Waals surface area contributed by atoms with Crippen LogP contribution in [0.3, 0.4) is 0 Å². The number of rotatable bonds is 3. The minimum atomic E-state index is -1.77. The molecule has 1 saturated heterocycles.